The Morgan fingerprint density at radius 3 is 2.88 bits per heavy atom. The molecule has 5 rings (SSSR count). The first-order valence-electron chi connectivity index (χ1n) is 11.2. The Kier molecular flexibility index (Phi) is 5.42. The van der Waals surface area contributed by atoms with Gasteiger partial charge in [0.15, 0.2) is 10.9 Å². The van der Waals surface area contributed by atoms with Crippen LogP contribution in [0.15, 0.2) is 28.8 Å². The van der Waals surface area contributed by atoms with Gasteiger partial charge in [-0.05, 0) is 43.2 Å². The summed E-state index contributed by atoms with van der Waals surface area (Å²) in [6.45, 7) is 10.3. The molecule has 0 spiro atoms. The van der Waals surface area contributed by atoms with E-state index in [1.807, 2.05) is 13.8 Å². The molecule has 0 unspecified atom stereocenters. The van der Waals surface area contributed by atoms with Gasteiger partial charge in [0.2, 0.25) is 0 Å². The topological polar surface area (TPSA) is 68.5 Å². The largest absolute Gasteiger partial charge is 0.377 e. The van der Waals surface area contributed by atoms with Crippen LogP contribution in [-0.2, 0) is 17.6 Å². The van der Waals surface area contributed by atoms with E-state index in [2.05, 4.69) is 48.2 Å². The summed E-state index contributed by atoms with van der Waals surface area (Å²) >= 11 is 1.56. The maximum Gasteiger partial charge on any atom is 0.186 e. The number of aryl methyl sites for hydroxylation is 2. The van der Waals surface area contributed by atoms with Crippen LogP contribution in [0.2, 0.25) is 0 Å². The molecule has 1 aliphatic carbocycles. The Morgan fingerprint density at radius 2 is 2.09 bits per heavy atom. The Labute approximate surface area is 192 Å². The van der Waals surface area contributed by atoms with Gasteiger partial charge >= 0.3 is 0 Å². The summed E-state index contributed by atoms with van der Waals surface area (Å²) in [6.07, 6.45) is 2.31. The van der Waals surface area contributed by atoms with Gasteiger partial charge in [0.05, 0.1) is 35.5 Å². The van der Waals surface area contributed by atoms with Crippen molar-refractivity contribution >= 4 is 22.3 Å². The summed E-state index contributed by atoms with van der Waals surface area (Å²) in [5.74, 6) is 1.07. The van der Waals surface area contributed by atoms with E-state index in [-0.39, 0.29) is 17.2 Å². The first-order chi connectivity index (χ1) is 15.3. The fraction of sp³-hybridized carbons (Fsp3) is 0.480. The van der Waals surface area contributed by atoms with Crippen LogP contribution in [0.4, 0.5) is 5.13 Å². The van der Waals surface area contributed by atoms with Crippen LogP contribution in [0.25, 0.3) is 11.1 Å². The number of thiazole rings is 1. The lowest BCUT2D eigenvalue weighted by atomic mass is 9.78. The highest BCUT2D eigenvalue weighted by Crippen LogP contribution is 2.40. The molecule has 0 radical (unpaired) electrons. The van der Waals surface area contributed by atoms with Crippen LogP contribution in [0.3, 0.4) is 0 Å². The summed E-state index contributed by atoms with van der Waals surface area (Å²) in [7, 11) is 0. The van der Waals surface area contributed by atoms with Crippen molar-refractivity contribution in [3.05, 3.63) is 51.9 Å². The second kappa shape index (κ2) is 8.12. The molecule has 3 aromatic rings. The van der Waals surface area contributed by atoms with Crippen molar-refractivity contribution in [2.45, 2.75) is 53.0 Å². The number of carbonyl (C=O) groups excluding carboxylic acids is 1. The number of ketones is 1. The maximum absolute atomic E-state index is 12.7. The SMILES string of the molecule is Cc1noc(C)c1-c1cccc(C[C@H]2COCCN2c2nc3c(s2)C(=O)CC(C)(C)C3)c1. The molecule has 1 aromatic carbocycles. The molecule has 6 nitrogen and oxygen atoms in total. The first-order valence-corrected chi connectivity index (χ1v) is 12.0. The van der Waals surface area contributed by atoms with Gasteiger partial charge in [-0.1, -0.05) is 54.6 Å². The highest BCUT2D eigenvalue weighted by Gasteiger charge is 2.36. The molecule has 0 N–H and O–H groups in total. The van der Waals surface area contributed by atoms with Crippen molar-refractivity contribution in [2.24, 2.45) is 5.41 Å². The van der Waals surface area contributed by atoms with Crippen LogP contribution in [-0.4, -0.2) is 41.7 Å². The average molecular weight is 452 g/mol. The summed E-state index contributed by atoms with van der Waals surface area (Å²) in [5.41, 5.74) is 5.29. The molecule has 168 valence electrons. The second-order valence-corrected chi connectivity index (χ2v) is 10.7. The van der Waals surface area contributed by atoms with Crippen molar-refractivity contribution < 1.29 is 14.1 Å². The van der Waals surface area contributed by atoms with Gasteiger partial charge in [0.25, 0.3) is 0 Å². The fourth-order valence-electron chi connectivity index (χ4n) is 4.93. The lowest BCUT2D eigenvalue weighted by Crippen LogP contribution is -2.46. The number of anilines is 1. The molecular formula is C25H29N3O3S. The van der Waals surface area contributed by atoms with Crippen LogP contribution in [0, 0.1) is 19.3 Å². The minimum absolute atomic E-state index is 0.0154. The minimum atomic E-state index is -0.0154. The number of aromatic nitrogens is 2. The third-order valence-electron chi connectivity index (χ3n) is 6.42. The van der Waals surface area contributed by atoms with Crippen LogP contribution >= 0.6 is 11.3 Å². The molecule has 0 amide bonds. The molecule has 7 heteroatoms. The van der Waals surface area contributed by atoms with E-state index in [9.17, 15) is 4.79 Å². The molecule has 1 atom stereocenters. The molecule has 0 bridgehead atoms. The molecule has 1 fully saturated rings. The maximum atomic E-state index is 12.7. The number of Topliss-reactive ketones (excluding diaryl/α,β-unsaturated/α-hetero) is 1. The molecule has 0 saturated carbocycles. The summed E-state index contributed by atoms with van der Waals surface area (Å²) in [5, 5.41) is 5.05. The molecular weight excluding hydrogens is 422 g/mol. The smallest absolute Gasteiger partial charge is 0.186 e. The second-order valence-electron chi connectivity index (χ2n) is 9.74. The number of rotatable bonds is 4. The van der Waals surface area contributed by atoms with E-state index >= 15 is 0 Å². The molecule has 32 heavy (non-hydrogen) atoms. The van der Waals surface area contributed by atoms with Crippen molar-refractivity contribution in [1.29, 1.82) is 0 Å². The number of hydrogen-bond donors (Lipinski definition) is 0. The third-order valence-corrected chi connectivity index (χ3v) is 7.59. The van der Waals surface area contributed by atoms with Crippen LogP contribution < -0.4 is 4.90 Å². The van der Waals surface area contributed by atoms with Crippen molar-refractivity contribution in [3.8, 4) is 11.1 Å². The summed E-state index contributed by atoms with van der Waals surface area (Å²) in [4.78, 5) is 20.8. The number of morpholine rings is 1. The standard InChI is InChI=1S/C25H29N3O3S/c1-15-22(16(2)31-27-15)18-7-5-6-17(10-18)11-19-14-30-9-8-28(19)24-26-20-12-25(3,4)13-21(29)23(20)32-24/h5-7,10,19H,8-9,11-14H2,1-4H3/t19-/m0/s1. The van der Waals surface area contributed by atoms with Gasteiger partial charge in [-0.15, -0.1) is 0 Å². The Morgan fingerprint density at radius 1 is 1.25 bits per heavy atom. The summed E-state index contributed by atoms with van der Waals surface area (Å²) < 4.78 is 11.2. The quantitative estimate of drug-likeness (QED) is 0.555. The Balaban J connectivity index is 1.41. The normalized spacial score (nSPS) is 20.4. The zero-order valence-electron chi connectivity index (χ0n) is 19.1. The summed E-state index contributed by atoms with van der Waals surface area (Å²) in [6, 6.07) is 8.76. The Bertz CT molecular complexity index is 1140. The van der Waals surface area contributed by atoms with Crippen molar-refractivity contribution in [3.63, 3.8) is 0 Å². The number of nitrogens with zero attached hydrogens (tertiary/aromatic N) is 3. The highest BCUT2D eigenvalue weighted by atomic mass is 32.1. The van der Waals surface area contributed by atoms with Gasteiger partial charge in [-0.25, -0.2) is 4.98 Å². The van der Waals surface area contributed by atoms with Gasteiger partial charge in [0, 0.05) is 18.5 Å². The highest BCUT2D eigenvalue weighted by molar-refractivity contribution is 7.17. The number of carbonyl (C=O) groups is 1. The van der Waals surface area contributed by atoms with E-state index in [1.165, 1.54) is 5.56 Å². The molecule has 2 aliphatic rings. The third kappa shape index (κ3) is 3.99. The van der Waals surface area contributed by atoms with E-state index < -0.39 is 0 Å². The minimum Gasteiger partial charge on any atom is -0.377 e. The Hall–Kier alpha value is -2.51. The number of benzene rings is 1. The van der Waals surface area contributed by atoms with Gasteiger partial charge in [0.1, 0.15) is 5.76 Å². The van der Waals surface area contributed by atoms with E-state index in [0.717, 1.165) is 57.7 Å². The fourth-order valence-corrected chi connectivity index (χ4v) is 6.04. The van der Waals surface area contributed by atoms with Crippen molar-refractivity contribution in [2.75, 3.05) is 24.7 Å². The zero-order chi connectivity index (χ0) is 22.5. The lowest BCUT2D eigenvalue weighted by molar-refractivity contribution is 0.0915. The van der Waals surface area contributed by atoms with Gasteiger partial charge in [-0.2, -0.15) is 0 Å². The van der Waals surface area contributed by atoms with E-state index in [4.69, 9.17) is 14.2 Å². The number of fused-ring (bicyclic) bond motifs is 1. The molecule has 1 aliphatic heterocycles. The van der Waals surface area contributed by atoms with E-state index in [0.29, 0.717) is 19.6 Å². The van der Waals surface area contributed by atoms with Crippen LogP contribution in [0.1, 0.15) is 52.7 Å². The monoisotopic (exact) mass is 451 g/mol. The average Bonchev–Trinajstić information content (AvgIpc) is 3.31. The van der Waals surface area contributed by atoms with E-state index in [1.54, 1.807) is 11.3 Å². The zero-order valence-corrected chi connectivity index (χ0v) is 19.9. The molecule has 3 heterocycles. The number of ether oxygens (including phenoxy) is 1. The predicted octanol–water partition coefficient (Wildman–Crippen LogP) is 5.02. The molecule has 1 saturated heterocycles. The predicted molar refractivity (Wildman–Crippen MR) is 126 cm³/mol. The van der Waals surface area contributed by atoms with Crippen LogP contribution in [0.5, 0.6) is 0 Å². The number of hydrogen-bond acceptors (Lipinski definition) is 7. The van der Waals surface area contributed by atoms with Crippen molar-refractivity contribution in [1.82, 2.24) is 10.1 Å². The molecule has 2 aromatic heterocycles. The van der Waals surface area contributed by atoms with Gasteiger partial charge in [-0.3, -0.25) is 4.79 Å². The first kappa shape index (κ1) is 21.3. The van der Waals surface area contributed by atoms with Gasteiger partial charge < -0.3 is 14.2 Å². The lowest BCUT2D eigenvalue weighted by Gasteiger charge is -2.35.